The molecular weight excluding hydrogens is 303 g/mol. The number of hydrogen-bond donors (Lipinski definition) is 2. The normalized spacial score (nSPS) is 12.8. The summed E-state index contributed by atoms with van der Waals surface area (Å²) in [6, 6.07) is 0. The number of hydrogen-bond acceptors (Lipinski definition) is 6. The summed E-state index contributed by atoms with van der Waals surface area (Å²) < 4.78 is 24.6. The Balaban J connectivity index is 3.74. The summed E-state index contributed by atoms with van der Waals surface area (Å²) in [5.41, 5.74) is 0. The molecule has 9 heteroatoms. The van der Waals surface area contributed by atoms with Crippen LogP contribution in [-0.2, 0) is 28.2 Å². The van der Waals surface area contributed by atoms with Crippen molar-refractivity contribution in [1.82, 2.24) is 0 Å². The minimum atomic E-state index is -4.38. The summed E-state index contributed by atoms with van der Waals surface area (Å²) in [7, 11) is -4.38. The van der Waals surface area contributed by atoms with Gasteiger partial charge in [-0.1, -0.05) is 12.8 Å². The first-order valence-corrected chi connectivity index (χ1v) is 8.24. The lowest BCUT2D eigenvalue weighted by atomic mass is 10.1. The van der Waals surface area contributed by atoms with Crippen molar-refractivity contribution in [3.63, 3.8) is 0 Å². The lowest BCUT2D eigenvalue weighted by molar-refractivity contribution is -0.156. The van der Waals surface area contributed by atoms with Crippen LogP contribution in [0.5, 0.6) is 0 Å². The predicted molar refractivity (Wildman–Crippen MR) is 73.3 cm³/mol. The standard InChI is InChI=1S/C12H23O8P/c1-10(13)18-9-12(20-11(2)14)7-5-3-4-6-8-19-21(15,16)17/h12H,3-9H2,1-2H3,(H2,15,16,17). The van der Waals surface area contributed by atoms with Crippen molar-refractivity contribution < 1.29 is 37.9 Å². The molecule has 1 unspecified atom stereocenters. The van der Waals surface area contributed by atoms with Crippen LogP contribution in [0.1, 0.15) is 46.0 Å². The van der Waals surface area contributed by atoms with Crippen molar-refractivity contribution in [2.24, 2.45) is 0 Å². The van der Waals surface area contributed by atoms with E-state index in [-0.39, 0.29) is 13.2 Å². The van der Waals surface area contributed by atoms with Gasteiger partial charge in [0.05, 0.1) is 6.61 Å². The molecule has 2 N–H and O–H groups in total. The fourth-order valence-electron chi connectivity index (χ4n) is 1.63. The number of carbonyl (C=O) groups excluding carboxylic acids is 2. The van der Waals surface area contributed by atoms with E-state index in [1.807, 2.05) is 0 Å². The third-order valence-electron chi connectivity index (χ3n) is 2.49. The van der Waals surface area contributed by atoms with Crippen LogP contribution in [0.25, 0.3) is 0 Å². The number of esters is 2. The van der Waals surface area contributed by atoms with Crippen LogP contribution in [0.3, 0.4) is 0 Å². The predicted octanol–water partition coefficient (Wildman–Crippen LogP) is 1.54. The summed E-state index contributed by atoms with van der Waals surface area (Å²) in [5.74, 6) is -0.857. The van der Waals surface area contributed by atoms with E-state index in [9.17, 15) is 14.2 Å². The van der Waals surface area contributed by atoms with Gasteiger partial charge in [-0.05, 0) is 19.3 Å². The van der Waals surface area contributed by atoms with E-state index in [0.29, 0.717) is 12.8 Å². The molecule has 0 heterocycles. The Kier molecular flexibility index (Phi) is 10.2. The molecule has 0 aliphatic carbocycles. The first-order chi connectivity index (χ1) is 9.70. The first kappa shape index (κ1) is 20.1. The zero-order valence-corrected chi connectivity index (χ0v) is 13.2. The van der Waals surface area contributed by atoms with Crippen LogP contribution in [0.15, 0.2) is 0 Å². The van der Waals surface area contributed by atoms with E-state index in [1.165, 1.54) is 13.8 Å². The van der Waals surface area contributed by atoms with Gasteiger partial charge in [-0.25, -0.2) is 4.57 Å². The molecule has 0 fully saturated rings. The molecule has 124 valence electrons. The van der Waals surface area contributed by atoms with Gasteiger partial charge in [0.25, 0.3) is 0 Å². The monoisotopic (exact) mass is 326 g/mol. The Morgan fingerprint density at radius 2 is 1.67 bits per heavy atom. The average Bonchev–Trinajstić information content (AvgIpc) is 2.32. The Labute approximate surface area is 124 Å². The highest BCUT2D eigenvalue weighted by Crippen LogP contribution is 2.35. The molecule has 0 aliphatic heterocycles. The second-order valence-electron chi connectivity index (χ2n) is 4.56. The highest BCUT2D eigenvalue weighted by Gasteiger charge is 2.14. The van der Waals surface area contributed by atoms with E-state index in [1.54, 1.807) is 0 Å². The van der Waals surface area contributed by atoms with Gasteiger partial charge in [-0.3, -0.25) is 14.1 Å². The average molecular weight is 326 g/mol. The molecule has 1 atom stereocenters. The maximum Gasteiger partial charge on any atom is 0.469 e. The van der Waals surface area contributed by atoms with E-state index in [2.05, 4.69) is 4.52 Å². The summed E-state index contributed by atoms with van der Waals surface area (Å²) in [6.45, 7) is 2.62. The molecule has 0 aromatic heterocycles. The lowest BCUT2D eigenvalue weighted by Crippen LogP contribution is -2.23. The van der Waals surface area contributed by atoms with Gasteiger partial charge in [-0.2, -0.15) is 0 Å². The minimum Gasteiger partial charge on any atom is -0.462 e. The Morgan fingerprint density at radius 3 is 2.19 bits per heavy atom. The molecule has 0 spiro atoms. The highest BCUT2D eigenvalue weighted by atomic mass is 31.2. The van der Waals surface area contributed by atoms with Crippen LogP contribution < -0.4 is 0 Å². The van der Waals surface area contributed by atoms with E-state index in [0.717, 1.165) is 19.3 Å². The molecule has 0 aromatic rings. The minimum absolute atomic E-state index is 0.00506. The molecule has 0 radical (unpaired) electrons. The van der Waals surface area contributed by atoms with Crippen LogP contribution in [-0.4, -0.2) is 41.0 Å². The third kappa shape index (κ3) is 15.3. The molecule has 0 bridgehead atoms. The quantitative estimate of drug-likeness (QED) is 0.333. The zero-order valence-electron chi connectivity index (χ0n) is 12.3. The van der Waals surface area contributed by atoms with Crippen LogP contribution >= 0.6 is 7.82 Å². The van der Waals surface area contributed by atoms with E-state index in [4.69, 9.17) is 19.3 Å². The van der Waals surface area contributed by atoms with Crippen molar-refractivity contribution >= 4 is 19.8 Å². The zero-order chi connectivity index (χ0) is 16.3. The van der Waals surface area contributed by atoms with Gasteiger partial charge in [0.1, 0.15) is 12.7 Å². The molecule has 0 saturated heterocycles. The van der Waals surface area contributed by atoms with Crippen LogP contribution in [0.2, 0.25) is 0 Å². The fourth-order valence-corrected chi connectivity index (χ4v) is 2.00. The molecule has 0 amide bonds. The van der Waals surface area contributed by atoms with Crippen molar-refractivity contribution in [1.29, 1.82) is 0 Å². The second kappa shape index (κ2) is 10.7. The van der Waals surface area contributed by atoms with Crippen molar-refractivity contribution in [2.75, 3.05) is 13.2 Å². The van der Waals surface area contributed by atoms with Gasteiger partial charge in [-0.15, -0.1) is 0 Å². The highest BCUT2D eigenvalue weighted by molar-refractivity contribution is 7.46. The Hall–Kier alpha value is -0.950. The second-order valence-corrected chi connectivity index (χ2v) is 5.80. The van der Waals surface area contributed by atoms with Crippen molar-refractivity contribution in [2.45, 2.75) is 52.1 Å². The van der Waals surface area contributed by atoms with Gasteiger partial charge < -0.3 is 19.3 Å². The van der Waals surface area contributed by atoms with Gasteiger partial charge >= 0.3 is 19.8 Å². The largest absolute Gasteiger partial charge is 0.469 e. The topological polar surface area (TPSA) is 119 Å². The first-order valence-electron chi connectivity index (χ1n) is 6.71. The smallest absolute Gasteiger partial charge is 0.462 e. The molecule has 8 nitrogen and oxygen atoms in total. The van der Waals surface area contributed by atoms with Crippen LogP contribution in [0, 0.1) is 0 Å². The maximum absolute atomic E-state index is 10.9. The van der Waals surface area contributed by atoms with Crippen LogP contribution in [0.4, 0.5) is 0 Å². The number of rotatable bonds is 11. The maximum atomic E-state index is 10.9. The summed E-state index contributed by atoms with van der Waals surface area (Å²) in [5, 5.41) is 0. The Morgan fingerprint density at radius 1 is 1.05 bits per heavy atom. The number of ether oxygens (including phenoxy) is 2. The van der Waals surface area contributed by atoms with Crippen molar-refractivity contribution in [3.05, 3.63) is 0 Å². The summed E-state index contributed by atoms with van der Waals surface area (Å²) in [6.07, 6.45) is 2.91. The van der Waals surface area contributed by atoms with E-state index >= 15 is 0 Å². The number of phosphoric acid groups is 1. The van der Waals surface area contributed by atoms with Gasteiger partial charge in [0, 0.05) is 13.8 Å². The molecular formula is C12H23O8P. The molecule has 0 saturated carbocycles. The third-order valence-corrected chi connectivity index (χ3v) is 3.00. The van der Waals surface area contributed by atoms with Gasteiger partial charge in [0.15, 0.2) is 0 Å². The molecule has 0 aliphatic rings. The van der Waals surface area contributed by atoms with Gasteiger partial charge in [0.2, 0.25) is 0 Å². The fraction of sp³-hybridized carbons (Fsp3) is 0.833. The number of carbonyl (C=O) groups is 2. The summed E-state index contributed by atoms with van der Waals surface area (Å²) in [4.78, 5) is 38.6. The SMILES string of the molecule is CC(=O)OCC(CCCCCCOP(=O)(O)O)OC(C)=O. The lowest BCUT2D eigenvalue weighted by Gasteiger charge is -2.16. The molecule has 0 rings (SSSR count). The summed E-state index contributed by atoms with van der Waals surface area (Å²) >= 11 is 0. The Bertz CT molecular complexity index is 364. The molecule has 0 aromatic carbocycles. The van der Waals surface area contributed by atoms with Crippen molar-refractivity contribution in [3.8, 4) is 0 Å². The number of unbranched alkanes of at least 4 members (excludes halogenated alkanes) is 3. The van der Waals surface area contributed by atoms with E-state index < -0.39 is 25.9 Å². The molecule has 21 heavy (non-hydrogen) atoms. The number of phosphoric ester groups is 1.